The second kappa shape index (κ2) is 7.03. The fourth-order valence-corrected chi connectivity index (χ4v) is 5.54. The van der Waals surface area contributed by atoms with Crippen LogP contribution in [0.2, 0.25) is 0 Å². The zero-order chi connectivity index (χ0) is 16.2. The first-order valence-corrected chi connectivity index (χ1v) is 9.87. The molecule has 1 heterocycles. The maximum Gasteiger partial charge on any atom is 0.0456 e. The molecular weight excluding hydrogens is 309 g/mol. The number of hydrogen-bond acceptors (Lipinski definition) is 0. The zero-order valence-electron chi connectivity index (χ0n) is 13.5. The van der Waals surface area contributed by atoms with Gasteiger partial charge in [-0.25, -0.2) is 0 Å². The third-order valence-corrected chi connectivity index (χ3v) is 6.93. The summed E-state index contributed by atoms with van der Waals surface area (Å²) < 4.78 is 0. The normalized spacial score (nSPS) is 11.2. The van der Waals surface area contributed by atoms with Crippen molar-refractivity contribution in [1.82, 2.24) is 4.98 Å². The lowest BCUT2D eigenvalue weighted by Crippen LogP contribution is -2.14. The van der Waals surface area contributed by atoms with Crippen molar-refractivity contribution in [2.75, 3.05) is 6.16 Å². The van der Waals surface area contributed by atoms with Crippen LogP contribution in [0.3, 0.4) is 0 Å². The second-order valence-corrected chi connectivity index (χ2v) is 8.27. The van der Waals surface area contributed by atoms with Gasteiger partial charge >= 0.3 is 0 Å². The standard InChI is InChI=1S/C22H20NP/c1-3-9-19(10-4-1)24(20-11-5-2-6-12-20)16-15-18-17-23-22-14-8-7-13-21(18)22/h1-14,17,23H,15-16H2. The molecule has 0 atom stereocenters. The molecule has 1 aromatic heterocycles. The Kier molecular flexibility index (Phi) is 4.44. The highest BCUT2D eigenvalue weighted by molar-refractivity contribution is 7.73. The van der Waals surface area contributed by atoms with Gasteiger partial charge < -0.3 is 4.98 Å². The summed E-state index contributed by atoms with van der Waals surface area (Å²) in [6.07, 6.45) is 4.44. The maximum atomic E-state index is 3.40. The maximum absolute atomic E-state index is 3.40. The summed E-state index contributed by atoms with van der Waals surface area (Å²) in [7, 11) is -0.325. The van der Waals surface area contributed by atoms with Crippen LogP contribution in [0.25, 0.3) is 10.9 Å². The Morgan fingerprint density at radius 2 is 1.25 bits per heavy atom. The third kappa shape index (κ3) is 3.13. The van der Waals surface area contributed by atoms with Gasteiger partial charge in [-0.2, -0.15) is 0 Å². The molecule has 0 fully saturated rings. The van der Waals surface area contributed by atoms with Gasteiger partial charge in [0, 0.05) is 17.1 Å². The summed E-state index contributed by atoms with van der Waals surface area (Å²) in [4.78, 5) is 3.40. The molecule has 1 nitrogen and oxygen atoms in total. The molecule has 3 aromatic carbocycles. The first-order valence-electron chi connectivity index (χ1n) is 8.34. The molecule has 0 radical (unpaired) electrons. The molecule has 0 amide bonds. The molecule has 2 heteroatoms. The summed E-state index contributed by atoms with van der Waals surface area (Å²) in [5.41, 5.74) is 2.65. The number of aryl methyl sites for hydroxylation is 1. The van der Waals surface area contributed by atoms with E-state index in [9.17, 15) is 0 Å². The number of aromatic nitrogens is 1. The Morgan fingerprint density at radius 1 is 0.667 bits per heavy atom. The molecule has 118 valence electrons. The minimum Gasteiger partial charge on any atom is -0.361 e. The molecule has 0 spiro atoms. The number of rotatable bonds is 5. The average Bonchev–Trinajstić information content (AvgIpc) is 3.07. The third-order valence-electron chi connectivity index (χ3n) is 4.42. The van der Waals surface area contributed by atoms with Crippen molar-refractivity contribution in [2.45, 2.75) is 6.42 Å². The highest BCUT2D eigenvalue weighted by Crippen LogP contribution is 2.35. The fraction of sp³-hybridized carbons (Fsp3) is 0.0909. The van der Waals surface area contributed by atoms with E-state index in [1.54, 1.807) is 0 Å². The first-order chi connectivity index (χ1) is 11.9. The van der Waals surface area contributed by atoms with E-state index in [1.807, 2.05) is 0 Å². The van der Waals surface area contributed by atoms with Crippen molar-refractivity contribution >= 4 is 29.4 Å². The Hall–Kier alpha value is -2.37. The lowest BCUT2D eigenvalue weighted by molar-refractivity contribution is 1.17. The first kappa shape index (κ1) is 15.2. The van der Waals surface area contributed by atoms with Gasteiger partial charge in [0.15, 0.2) is 0 Å². The van der Waals surface area contributed by atoms with E-state index in [4.69, 9.17) is 0 Å². The van der Waals surface area contributed by atoms with Gasteiger partial charge in [-0.05, 0) is 42.7 Å². The van der Waals surface area contributed by atoms with Gasteiger partial charge in [0.05, 0.1) is 0 Å². The van der Waals surface area contributed by atoms with Gasteiger partial charge in [0.25, 0.3) is 0 Å². The average molecular weight is 329 g/mol. The van der Waals surface area contributed by atoms with Crippen LogP contribution in [-0.4, -0.2) is 11.1 Å². The molecule has 0 aliphatic heterocycles. The Morgan fingerprint density at radius 3 is 1.92 bits per heavy atom. The number of fused-ring (bicyclic) bond motifs is 1. The summed E-state index contributed by atoms with van der Waals surface area (Å²) in [6, 6.07) is 30.5. The van der Waals surface area contributed by atoms with Crippen molar-refractivity contribution in [2.24, 2.45) is 0 Å². The number of benzene rings is 3. The SMILES string of the molecule is c1ccc(P(CCc2c[nH]c3ccccc23)c2ccccc2)cc1. The van der Waals surface area contributed by atoms with Crippen molar-refractivity contribution in [3.8, 4) is 0 Å². The monoisotopic (exact) mass is 329 g/mol. The second-order valence-electron chi connectivity index (χ2n) is 5.93. The Bertz CT molecular complexity index is 873. The van der Waals surface area contributed by atoms with Crippen LogP contribution in [-0.2, 0) is 6.42 Å². The highest BCUT2D eigenvalue weighted by atomic mass is 31.1. The minimum absolute atomic E-state index is 0.325. The molecule has 24 heavy (non-hydrogen) atoms. The Labute approximate surface area is 144 Å². The molecule has 0 saturated heterocycles. The molecular formula is C22H20NP. The summed E-state index contributed by atoms with van der Waals surface area (Å²) >= 11 is 0. The number of aromatic amines is 1. The summed E-state index contributed by atoms with van der Waals surface area (Å²) in [5.74, 6) is 0. The van der Waals surface area contributed by atoms with Crippen LogP contribution < -0.4 is 10.6 Å². The number of H-pyrrole nitrogens is 1. The Balaban J connectivity index is 1.63. The molecule has 0 bridgehead atoms. The van der Waals surface area contributed by atoms with E-state index in [2.05, 4.69) is 96.1 Å². The lowest BCUT2D eigenvalue weighted by Gasteiger charge is -2.18. The van der Waals surface area contributed by atoms with E-state index in [1.165, 1.54) is 33.2 Å². The summed E-state index contributed by atoms with van der Waals surface area (Å²) in [5, 5.41) is 4.27. The molecule has 0 unspecified atom stereocenters. The van der Waals surface area contributed by atoms with Crippen molar-refractivity contribution in [1.29, 1.82) is 0 Å². The topological polar surface area (TPSA) is 15.8 Å². The van der Waals surface area contributed by atoms with Crippen LogP contribution in [0.5, 0.6) is 0 Å². The van der Waals surface area contributed by atoms with Crippen LogP contribution in [0.4, 0.5) is 0 Å². The van der Waals surface area contributed by atoms with Crippen molar-refractivity contribution < 1.29 is 0 Å². The minimum atomic E-state index is -0.325. The van der Waals surface area contributed by atoms with E-state index >= 15 is 0 Å². The summed E-state index contributed by atoms with van der Waals surface area (Å²) in [6.45, 7) is 0. The highest BCUT2D eigenvalue weighted by Gasteiger charge is 2.14. The van der Waals surface area contributed by atoms with E-state index in [-0.39, 0.29) is 7.92 Å². The number of para-hydroxylation sites is 1. The van der Waals surface area contributed by atoms with Gasteiger partial charge in [-0.1, -0.05) is 78.9 Å². The smallest absolute Gasteiger partial charge is 0.0456 e. The predicted octanol–water partition coefficient (Wildman–Crippen LogP) is 4.84. The van der Waals surface area contributed by atoms with E-state index in [0.717, 1.165) is 6.42 Å². The largest absolute Gasteiger partial charge is 0.361 e. The van der Waals surface area contributed by atoms with Crippen LogP contribution in [0, 0.1) is 0 Å². The van der Waals surface area contributed by atoms with Gasteiger partial charge in [-0.15, -0.1) is 0 Å². The number of hydrogen-bond donors (Lipinski definition) is 1. The quantitative estimate of drug-likeness (QED) is 0.504. The molecule has 0 aliphatic carbocycles. The molecule has 4 rings (SSSR count). The number of nitrogens with one attached hydrogen (secondary N) is 1. The van der Waals surface area contributed by atoms with Gasteiger partial charge in [0.2, 0.25) is 0 Å². The molecule has 1 N–H and O–H groups in total. The van der Waals surface area contributed by atoms with Crippen LogP contribution in [0.1, 0.15) is 5.56 Å². The van der Waals surface area contributed by atoms with Gasteiger partial charge in [-0.3, -0.25) is 0 Å². The molecule has 0 saturated carbocycles. The van der Waals surface area contributed by atoms with E-state index in [0.29, 0.717) is 0 Å². The van der Waals surface area contributed by atoms with E-state index < -0.39 is 0 Å². The fourth-order valence-electron chi connectivity index (χ4n) is 3.19. The van der Waals surface area contributed by atoms with Gasteiger partial charge in [0.1, 0.15) is 0 Å². The van der Waals surface area contributed by atoms with Crippen molar-refractivity contribution in [3.05, 3.63) is 96.7 Å². The zero-order valence-corrected chi connectivity index (χ0v) is 14.4. The van der Waals surface area contributed by atoms with Crippen molar-refractivity contribution in [3.63, 3.8) is 0 Å². The molecule has 0 aliphatic rings. The molecule has 4 aromatic rings. The lowest BCUT2D eigenvalue weighted by atomic mass is 10.1. The predicted molar refractivity (Wildman–Crippen MR) is 106 cm³/mol. The van der Waals surface area contributed by atoms with Crippen LogP contribution in [0.15, 0.2) is 91.1 Å². The van der Waals surface area contributed by atoms with Crippen LogP contribution >= 0.6 is 7.92 Å².